The van der Waals surface area contributed by atoms with Crippen LogP contribution in [0.25, 0.3) is 0 Å². The number of anilines is 1. The van der Waals surface area contributed by atoms with Crippen LogP contribution in [0.4, 0.5) is 5.82 Å². The summed E-state index contributed by atoms with van der Waals surface area (Å²) in [5, 5.41) is 2.86. The summed E-state index contributed by atoms with van der Waals surface area (Å²) in [7, 11) is 0. The third-order valence-corrected chi connectivity index (χ3v) is 2.91. The number of nitrogens with one attached hydrogen (secondary N) is 2. The Hall–Kier alpha value is -1.14. The summed E-state index contributed by atoms with van der Waals surface area (Å²) in [4.78, 5) is 16.0. The molecule has 0 atom stereocenters. The standard InChI is InChI=1S/C12H19BrN4O/c1-8(2)4-3-5-15-12(18)10-6-9(13)7-16-11(10)17-14/h6-8H,3-5,14H2,1-2H3,(H,15,18)(H,16,17). The first-order valence-corrected chi connectivity index (χ1v) is 6.74. The number of carbonyl (C=O) groups is 1. The molecule has 0 bridgehead atoms. The monoisotopic (exact) mass is 314 g/mol. The van der Waals surface area contributed by atoms with Gasteiger partial charge in [-0.05, 0) is 40.8 Å². The van der Waals surface area contributed by atoms with Crippen LogP contribution in [0.3, 0.4) is 0 Å². The Kier molecular flexibility index (Phi) is 6.07. The van der Waals surface area contributed by atoms with Crippen LogP contribution in [-0.2, 0) is 0 Å². The van der Waals surface area contributed by atoms with Crippen molar-refractivity contribution in [2.75, 3.05) is 12.0 Å². The number of carbonyl (C=O) groups excluding carboxylic acids is 1. The lowest BCUT2D eigenvalue weighted by atomic mass is 10.1. The predicted octanol–water partition coefficient (Wildman–Crippen LogP) is 2.30. The fourth-order valence-corrected chi connectivity index (χ4v) is 1.87. The fraction of sp³-hybridized carbons (Fsp3) is 0.500. The molecule has 1 rings (SSSR count). The largest absolute Gasteiger partial charge is 0.352 e. The molecule has 0 aliphatic rings. The van der Waals surface area contributed by atoms with E-state index < -0.39 is 0 Å². The second-order valence-electron chi connectivity index (χ2n) is 4.49. The van der Waals surface area contributed by atoms with Gasteiger partial charge in [-0.2, -0.15) is 0 Å². The van der Waals surface area contributed by atoms with Gasteiger partial charge in [0.05, 0.1) is 5.56 Å². The first-order chi connectivity index (χ1) is 8.54. The van der Waals surface area contributed by atoms with E-state index in [-0.39, 0.29) is 5.91 Å². The molecule has 5 nitrogen and oxygen atoms in total. The molecule has 0 aliphatic heterocycles. The minimum Gasteiger partial charge on any atom is -0.352 e. The van der Waals surface area contributed by atoms with Crippen LogP contribution in [0.5, 0.6) is 0 Å². The highest BCUT2D eigenvalue weighted by Crippen LogP contribution is 2.17. The highest BCUT2D eigenvalue weighted by Gasteiger charge is 2.12. The van der Waals surface area contributed by atoms with E-state index in [1.165, 1.54) is 0 Å². The molecule has 1 heterocycles. The zero-order valence-electron chi connectivity index (χ0n) is 10.7. The van der Waals surface area contributed by atoms with Gasteiger partial charge in [0.1, 0.15) is 0 Å². The Morgan fingerprint density at radius 1 is 1.56 bits per heavy atom. The van der Waals surface area contributed by atoms with Gasteiger partial charge in [0.25, 0.3) is 5.91 Å². The summed E-state index contributed by atoms with van der Waals surface area (Å²) >= 11 is 3.28. The molecule has 1 aromatic heterocycles. The zero-order chi connectivity index (χ0) is 13.5. The highest BCUT2D eigenvalue weighted by atomic mass is 79.9. The van der Waals surface area contributed by atoms with E-state index in [0.717, 1.165) is 17.3 Å². The predicted molar refractivity (Wildman–Crippen MR) is 76.2 cm³/mol. The van der Waals surface area contributed by atoms with Crippen LogP contribution < -0.4 is 16.6 Å². The molecular formula is C12H19BrN4O. The molecular weight excluding hydrogens is 296 g/mol. The van der Waals surface area contributed by atoms with E-state index >= 15 is 0 Å². The van der Waals surface area contributed by atoms with E-state index in [4.69, 9.17) is 5.84 Å². The van der Waals surface area contributed by atoms with E-state index in [0.29, 0.717) is 23.8 Å². The molecule has 0 saturated carbocycles. The van der Waals surface area contributed by atoms with Gasteiger partial charge in [0, 0.05) is 17.2 Å². The first kappa shape index (κ1) is 14.9. The van der Waals surface area contributed by atoms with Gasteiger partial charge < -0.3 is 10.7 Å². The Bertz CT molecular complexity index is 409. The van der Waals surface area contributed by atoms with Gasteiger partial charge in [-0.1, -0.05) is 13.8 Å². The van der Waals surface area contributed by atoms with Gasteiger partial charge >= 0.3 is 0 Å². The number of aromatic nitrogens is 1. The number of nitrogens with two attached hydrogens (primary N) is 1. The summed E-state index contributed by atoms with van der Waals surface area (Å²) < 4.78 is 0.744. The smallest absolute Gasteiger partial charge is 0.255 e. The van der Waals surface area contributed by atoms with Crippen LogP contribution in [0.15, 0.2) is 16.7 Å². The topological polar surface area (TPSA) is 80.0 Å². The van der Waals surface area contributed by atoms with Crippen LogP contribution >= 0.6 is 15.9 Å². The average Bonchev–Trinajstić information content (AvgIpc) is 2.34. The zero-order valence-corrected chi connectivity index (χ0v) is 12.3. The van der Waals surface area contributed by atoms with Gasteiger partial charge in [-0.25, -0.2) is 10.8 Å². The van der Waals surface area contributed by atoms with Crippen LogP contribution in [0, 0.1) is 5.92 Å². The first-order valence-electron chi connectivity index (χ1n) is 5.95. The second kappa shape index (κ2) is 7.33. The average molecular weight is 315 g/mol. The van der Waals surface area contributed by atoms with Crippen LogP contribution in [0.1, 0.15) is 37.0 Å². The maximum absolute atomic E-state index is 12.0. The number of nitrogens with zero attached hydrogens (tertiary/aromatic N) is 1. The molecule has 0 radical (unpaired) electrons. The van der Waals surface area contributed by atoms with Crippen molar-refractivity contribution in [1.29, 1.82) is 0 Å². The van der Waals surface area contributed by atoms with Crippen molar-refractivity contribution in [3.8, 4) is 0 Å². The molecule has 0 unspecified atom stereocenters. The lowest BCUT2D eigenvalue weighted by Crippen LogP contribution is -2.26. The van der Waals surface area contributed by atoms with Gasteiger partial charge in [-0.3, -0.25) is 4.79 Å². The SMILES string of the molecule is CC(C)CCCNC(=O)c1cc(Br)cnc1NN. The van der Waals surface area contributed by atoms with E-state index in [1.54, 1.807) is 12.3 Å². The molecule has 100 valence electrons. The fourth-order valence-electron chi connectivity index (χ4n) is 1.53. The number of hydrazine groups is 1. The van der Waals surface area contributed by atoms with Crippen LogP contribution in [-0.4, -0.2) is 17.4 Å². The Labute approximate surface area is 116 Å². The van der Waals surface area contributed by atoms with Crippen molar-refractivity contribution in [3.05, 3.63) is 22.3 Å². The number of pyridine rings is 1. The molecule has 1 aromatic rings. The molecule has 18 heavy (non-hydrogen) atoms. The summed E-state index contributed by atoms with van der Waals surface area (Å²) in [6, 6.07) is 1.69. The molecule has 1 amide bonds. The third-order valence-electron chi connectivity index (χ3n) is 2.48. The molecule has 0 fully saturated rings. The maximum atomic E-state index is 12.0. The third kappa shape index (κ3) is 4.62. The summed E-state index contributed by atoms with van der Waals surface area (Å²) in [6.07, 6.45) is 3.65. The van der Waals surface area contributed by atoms with E-state index in [1.807, 2.05) is 0 Å². The number of hydrogen-bond donors (Lipinski definition) is 3. The van der Waals surface area contributed by atoms with Crippen molar-refractivity contribution in [2.24, 2.45) is 11.8 Å². The number of hydrogen-bond acceptors (Lipinski definition) is 4. The number of amides is 1. The van der Waals surface area contributed by atoms with Crippen molar-refractivity contribution in [2.45, 2.75) is 26.7 Å². The molecule has 4 N–H and O–H groups in total. The van der Waals surface area contributed by atoms with Gasteiger partial charge in [-0.15, -0.1) is 0 Å². The Morgan fingerprint density at radius 2 is 2.28 bits per heavy atom. The highest BCUT2D eigenvalue weighted by molar-refractivity contribution is 9.10. The Balaban J connectivity index is 2.58. The van der Waals surface area contributed by atoms with Crippen molar-refractivity contribution < 1.29 is 4.79 Å². The van der Waals surface area contributed by atoms with Crippen LogP contribution in [0.2, 0.25) is 0 Å². The normalized spacial score (nSPS) is 10.5. The lowest BCUT2D eigenvalue weighted by Gasteiger charge is -2.10. The van der Waals surface area contributed by atoms with Crippen molar-refractivity contribution in [3.63, 3.8) is 0 Å². The quantitative estimate of drug-likeness (QED) is 0.427. The van der Waals surface area contributed by atoms with E-state index in [2.05, 4.69) is 45.5 Å². The number of rotatable bonds is 6. The second-order valence-corrected chi connectivity index (χ2v) is 5.40. The summed E-state index contributed by atoms with van der Waals surface area (Å²) in [5.74, 6) is 6.18. The number of nitrogen functional groups attached to an aromatic ring is 1. The molecule has 0 aromatic carbocycles. The van der Waals surface area contributed by atoms with E-state index in [9.17, 15) is 4.79 Å². The molecule has 0 aliphatic carbocycles. The van der Waals surface area contributed by atoms with Crippen molar-refractivity contribution >= 4 is 27.7 Å². The number of halogens is 1. The maximum Gasteiger partial charge on any atom is 0.255 e. The van der Waals surface area contributed by atoms with Gasteiger partial charge in [0.15, 0.2) is 5.82 Å². The lowest BCUT2D eigenvalue weighted by molar-refractivity contribution is 0.0953. The molecule has 6 heteroatoms. The minimum atomic E-state index is -0.166. The Morgan fingerprint density at radius 3 is 2.89 bits per heavy atom. The molecule has 0 spiro atoms. The summed E-state index contributed by atoms with van der Waals surface area (Å²) in [6.45, 7) is 4.99. The minimum absolute atomic E-state index is 0.166. The van der Waals surface area contributed by atoms with Gasteiger partial charge in [0.2, 0.25) is 0 Å². The molecule has 0 saturated heterocycles. The summed E-state index contributed by atoms with van der Waals surface area (Å²) in [5.41, 5.74) is 2.86. The van der Waals surface area contributed by atoms with Crippen molar-refractivity contribution in [1.82, 2.24) is 10.3 Å².